The van der Waals surface area contributed by atoms with E-state index in [2.05, 4.69) is 11.9 Å². The summed E-state index contributed by atoms with van der Waals surface area (Å²) >= 11 is 0. The molecule has 0 saturated carbocycles. The van der Waals surface area contributed by atoms with Crippen LogP contribution in [0.15, 0.2) is 24.3 Å². The summed E-state index contributed by atoms with van der Waals surface area (Å²) in [5.41, 5.74) is 0.709. The van der Waals surface area contributed by atoms with Crippen molar-refractivity contribution >= 4 is 5.69 Å². The monoisotopic (exact) mass is 193 g/mol. The molecule has 14 heavy (non-hydrogen) atoms. The van der Waals surface area contributed by atoms with Crippen molar-refractivity contribution in [2.45, 2.75) is 0 Å². The van der Waals surface area contributed by atoms with E-state index in [0.717, 1.165) is 26.2 Å². The van der Waals surface area contributed by atoms with E-state index < -0.39 is 0 Å². The zero-order chi connectivity index (χ0) is 9.97. The highest BCUT2D eigenvalue weighted by molar-refractivity contribution is 5.47. The molecule has 1 aromatic rings. The molecule has 1 aliphatic rings. The molecule has 1 heterocycles. The predicted molar refractivity (Wildman–Crippen MR) is 55.5 cm³/mol. The van der Waals surface area contributed by atoms with Gasteiger partial charge in [-0.05, 0) is 12.1 Å². The second-order valence-electron chi connectivity index (χ2n) is 3.56. The molecule has 3 heteroatoms. The Hall–Kier alpha value is -1.09. The number of hydrogen-bond donors (Lipinski definition) is 0. The van der Waals surface area contributed by atoms with Crippen LogP contribution < -0.4 is 4.90 Å². The number of para-hydroxylation sites is 1. The molecule has 0 N–H and O–H groups in total. The Morgan fingerprint density at radius 3 is 2.36 bits per heavy atom. The Labute approximate surface area is 83.9 Å². The Balaban J connectivity index is 2.12. The molecule has 1 radical (unpaired) electrons. The van der Waals surface area contributed by atoms with Gasteiger partial charge < -0.3 is 4.90 Å². The fraction of sp³-hybridized carbons (Fsp3) is 0.364. The molecule has 1 fully saturated rings. The van der Waals surface area contributed by atoms with Crippen molar-refractivity contribution in [1.82, 2.24) is 4.90 Å². The van der Waals surface area contributed by atoms with Crippen LogP contribution in [0.25, 0.3) is 0 Å². The van der Waals surface area contributed by atoms with Crippen molar-refractivity contribution in [3.8, 4) is 0 Å². The van der Waals surface area contributed by atoms with Crippen molar-refractivity contribution in [1.29, 1.82) is 0 Å². The summed E-state index contributed by atoms with van der Waals surface area (Å²) in [4.78, 5) is 4.08. The minimum absolute atomic E-state index is 0.134. The van der Waals surface area contributed by atoms with Gasteiger partial charge in [0.2, 0.25) is 0 Å². The first-order valence-electron chi connectivity index (χ1n) is 4.82. The quantitative estimate of drug-likeness (QED) is 0.670. The molecule has 1 aliphatic heterocycles. The van der Waals surface area contributed by atoms with Gasteiger partial charge in [-0.25, -0.2) is 4.39 Å². The number of nitrogens with zero attached hydrogens (tertiary/aromatic N) is 2. The average Bonchev–Trinajstić information content (AvgIpc) is 2.20. The molecule has 1 saturated heterocycles. The van der Waals surface area contributed by atoms with E-state index in [0.29, 0.717) is 5.69 Å². The standard InChI is InChI=1S/C11H14FN2/c1-13-6-8-14(9-7-13)11-5-3-2-4-10(11)12/h2-5H,1,6-9H2. The van der Waals surface area contributed by atoms with Gasteiger partial charge in [-0.3, -0.25) is 4.90 Å². The van der Waals surface area contributed by atoms with Crippen LogP contribution >= 0.6 is 0 Å². The van der Waals surface area contributed by atoms with E-state index in [1.54, 1.807) is 6.07 Å². The fourth-order valence-corrected chi connectivity index (χ4v) is 1.70. The van der Waals surface area contributed by atoms with E-state index in [4.69, 9.17) is 0 Å². The van der Waals surface area contributed by atoms with Crippen LogP contribution in [0.1, 0.15) is 0 Å². The predicted octanol–water partition coefficient (Wildman–Crippen LogP) is 1.74. The Morgan fingerprint density at radius 2 is 1.71 bits per heavy atom. The summed E-state index contributed by atoms with van der Waals surface area (Å²) in [7, 11) is 3.86. The smallest absolute Gasteiger partial charge is 0.146 e. The van der Waals surface area contributed by atoms with Crippen LogP contribution in [0.4, 0.5) is 10.1 Å². The van der Waals surface area contributed by atoms with Crippen LogP contribution in [0.3, 0.4) is 0 Å². The summed E-state index contributed by atoms with van der Waals surface area (Å²) in [6.45, 7) is 3.50. The van der Waals surface area contributed by atoms with Gasteiger partial charge >= 0.3 is 0 Å². The maximum atomic E-state index is 13.4. The van der Waals surface area contributed by atoms with Crippen LogP contribution in [0, 0.1) is 12.9 Å². The third-order valence-corrected chi connectivity index (χ3v) is 2.57. The SMILES string of the molecule is [CH2]N1CCN(c2ccccc2F)CC1. The highest BCUT2D eigenvalue weighted by Gasteiger charge is 2.16. The minimum Gasteiger partial charge on any atom is -0.367 e. The lowest BCUT2D eigenvalue weighted by molar-refractivity contribution is 0.343. The van der Waals surface area contributed by atoms with Gasteiger partial charge in [-0.2, -0.15) is 0 Å². The van der Waals surface area contributed by atoms with E-state index >= 15 is 0 Å². The van der Waals surface area contributed by atoms with E-state index in [-0.39, 0.29) is 5.82 Å². The molecule has 0 unspecified atom stereocenters. The van der Waals surface area contributed by atoms with E-state index in [1.807, 2.05) is 17.0 Å². The molecule has 0 bridgehead atoms. The number of piperazine rings is 1. The van der Waals surface area contributed by atoms with Crippen molar-refractivity contribution in [2.75, 3.05) is 31.1 Å². The zero-order valence-corrected chi connectivity index (χ0v) is 8.12. The minimum atomic E-state index is -0.134. The van der Waals surface area contributed by atoms with E-state index in [1.165, 1.54) is 6.07 Å². The first-order chi connectivity index (χ1) is 6.77. The second kappa shape index (κ2) is 3.96. The molecular weight excluding hydrogens is 179 g/mol. The van der Waals surface area contributed by atoms with Crippen LogP contribution in [-0.2, 0) is 0 Å². The molecule has 0 amide bonds. The van der Waals surface area contributed by atoms with Crippen molar-refractivity contribution in [2.24, 2.45) is 0 Å². The molecule has 0 atom stereocenters. The van der Waals surface area contributed by atoms with Gasteiger partial charge in [-0.1, -0.05) is 12.1 Å². The molecule has 0 aromatic heterocycles. The van der Waals surface area contributed by atoms with Gasteiger partial charge in [0, 0.05) is 33.2 Å². The first kappa shape index (κ1) is 9.46. The van der Waals surface area contributed by atoms with Gasteiger partial charge in [0.25, 0.3) is 0 Å². The van der Waals surface area contributed by atoms with Crippen LogP contribution in [-0.4, -0.2) is 31.1 Å². The van der Waals surface area contributed by atoms with Crippen molar-refractivity contribution < 1.29 is 4.39 Å². The Bertz CT molecular complexity index is 306. The highest BCUT2D eigenvalue weighted by Crippen LogP contribution is 2.19. The summed E-state index contributed by atoms with van der Waals surface area (Å²) < 4.78 is 13.4. The largest absolute Gasteiger partial charge is 0.367 e. The molecule has 1 aromatic carbocycles. The Kier molecular flexibility index (Phi) is 2.68. The summed E-state index contributed by atoms with van der Waals surface area (Å²) in [5, 5.41) is 0. The fourth-order valence-electron chi connectivity index (χ4n) is 1.70. The van der Waals surface area contributed by atoms with Gasteiger partial charge in [0.05, 0.1) is 5.69 Å². The summed E-state index contributed by atoms with van der Waals surface area (Å²) in [6.07, 6.45) is 0. The molecule has 75 valence electrons. The van der Waals surface area contributed by atoms with Crippen LogP contribution in [0.5, 0.6) is 0 Å². The third-order valence-electron chi connectivity index (χ3n) is 2.57. The molecule has 0 aliphatic carbocycles. The zero-order valence-electron chi connectivity index (χ0n) is 8.12. The number of rotatable bonds is 1. The molecular formula is C11H14FN2. The summed E-state index contributed by atoms with van der Waals surface area (Å²) in [5.74, 6) is -0.134. The first-order valence-corrected chi connectivity index (χ1v) is 4.82. The second-order valence-corrected chi connectivity index (χ2v) is 3.56. The maximum absolute atomic E-state index is 13.4. The third kappa shape index (κ3) is 1.87. The van der Waals surface area contributed by atoms with Gasteiger partial charge in [0.1, 0.15) is 5.82 Å². The lowest BCUT2D eigenvalue weighted by Crippen LogP contribution is -2.43. The number of hydrogen-bond acceptors (Lipinski definition) is 2. The van der Waals surface area contributed by atoms with Gasteiger partial charge in [-0.15, -0.1) is 0 Å². The molecule has 0 spiro atoms. The van der Waals surface area contributed by atoms with Gasteiger partial charge in [0.15, 0.2) is 0 Å². The lowest BCUT2D eigenvalue weighted by Gasteiger charge is -2.33. The maximum Gasteiger partial charge on any atom is 0.146 e. The summed E-state index contributed by atoms with van der Waals surface area (Å²) in [6, 6.07) is 6.92. The highest BCUT2D eigenvalue weighted by atomic mass is 19.1. The Morgan fingerprint density at radius 1 is 1.07 bits per heavy atom. The normalized spacial score (nSPS) is 18.6. The molecule has 2 rings (SSSR count). The topological polar surface area (TPSA) is 6.48 Å². The van der Waals surface area contributed by atoms with Crippen LogP contribution in [0.2, 0.25) is 0 Å². The lowest BCUT2D eigenvalue weighted by atomic mass is 10.2. The van der Waals surface area contributed by atoms with Crippen molar-refractivity contribution in [3.63, 3.8) is 0 Å². The van der Waals surface area contributed by atoms with E-state index in [9.17, 15) is 4.39 Å². The number of halogens is 1. The average molecular weight is 193 g/mol. The molecule has 2 nitrogen and oxygen atoms in total. The van der Waals surface area contributed by atoms with Crippen molar-refractivity contribution in [3.05, 3.63) is 37.1 Å². The number of anilines is 1. The number of benzene rings is 1.